The molecule has 2 N–H and O–H groups in total. The fourth-order valence-corrected chi connectivity index (χ4v) is 2.52. The van der Waals surface area contributed by atoms with Crippen molar-refractivity contribution >= 4 is 16.5 Å². The van der Waals surface area contributed by atoms with E-state index in [1.54, 1.807) is 11.3 Å². The molecule has 2 heterocycles. The van der Waals surface area contributed by atoms with Crippen LogP contribution in [0.3, 0.4) is 0 Å². The molecular formula is C9H15N3S. The molecule has 2 rings (SSSR count). The molecule has 0 spiro atoms. The smallest absolute Gasteiger partial charge is 0.185 e. The van der Waals surface area contributed by atoms with Crippen LogP contribution in [0, 0.1) is 5.92 Å². The van der Waals surface area contributed by atoms with E-state index < -0.39 is 0 Å². The molecule has 1 aliphatic rings. The van der Waals surface area contributed by atoms with Crippen LogP contribution in [0.1, 0.15) is 19.0 Å². The Morgan fingerprint density at radius 3 is 3.15 bits per heavy atom. The summed E-state index contributed by atoms with van der Waals surface area (Å²) in [5.74, 6) is 0.810. The standard InChI is InChI=1S/C9H15N3S/c1-7-2-3-12(5-7)9-11-8(4-10)6-13-9/h6-7H,2-5,10H2,1H3. The highest BCUT2D eigenvalue weighted by Gasteiger charge is 2.20. The summed E-state index contributed by atoms with van der Waals surface area (Å²) in [6.45, 7) is 5.15. The largest absolute Gasteiger partial charge is 0.348 e. The molecule has 4 heteroatoms. The molecular weight excluding hydrogens is 182 g/mol. The van der Waals surface area contributed by atoms with E-state index in [9.17, 15) is 0 Å². The van der Waals surface area contributed by atoms with Gasteiger partial charge in [0.05, 0.1) is 5.69 Å². The van der Waals surface area contributed by atoms with Crippen molar-refractivity contribution < 1.29 is 0 Å². The average Bonchev–Trinajstić information content (AvgIpc) is 2.71. The van der Waals surface area contributed by atoms with Crippen molar-refractivity contribution in [1.29, 1.82) is 0 Å². The Kier molecular flexibility index (Phi) is 2.51. The van der Waals surface area contributed by atoms with Crippen molar-refractivity contribution in [3.8, 4) is 0 Å². The van der Waals surface area contributed by atoms with Crippen molar-refractivity contribution in [3.05, 3.63) is 11.1 Å². The van der Waals surface area contributed by atoms with Gasteiger partial charge >= 0.3 is 0 Å². The monoisotopic (exact) mass is 197 g/mol. The lowest BCUT2D eigenvalue weighted by molar-refractivity contribution is 0.659. The van der Waals surface area contributed by atoms with Gasteiger partial charge in [0, 0.05) is 25.0 Å². The number of hydrogen-bond donors (Lipinski definition) is 1. The summed E-state index contributed by atoms with van der Waals surface area (Å²) in [5.41, 5.74) is 6.53. The second-order valence-electron chi connectivity index (χ2n) is 3.67. The maximum atomic E-state index is 5.51. The van der Waals surface area contributed by atoms with Crippen molar-refractivity contribution in [2.75, 3.05) is 18.0 Å². The van der Waals surface area contributed by atoms with E-state index in [1.165, 1.54) is 6.42 Å². The summed E-state index contributed by atoms with van der Waals surface area (Å²) < 4.78 is 0. The summed E-state index contributed by atoms with van der Waals surface area (Å²) in [6, 6.07) is 0. The summed E-state index contributed by atoms with van der Waals surface area (Å²) in [7, 11) is 0. The number of anilines is 1. The molecule has 72 valence electrons. The van der Waals surface area contributed by atoms with Gasteiger partial charge in [-0.3, -0.25) is 0 Å². The molecule has 1 fully saturated rings. The Morgan fingerprint density at radius 1 is 1.77 bits per heavy atom. The lowest BCUT2D eigenvalue weighted by Crippen LogP contribution is -2.18. The van der Waals surface area contributed by atoms with Crippen LogP contribution >= 0.6 is 11.3 Å². The van der Waals surface area contributed by atoms with Crippen molar-refractivity contribution in [3.63, 3.8) is 0 Å². The maximum absolute atomic E-state index is 5.51. The van der Waals surface area contributed by atoms with E-state index in [0.29, 0.717) is 6.54 Å². The van der Waals surface area contributed by atoms with Crippen LogP contribution in [0.5, 0.6) is 0 Å². The summed E-state index contributed by atoms with van der Waals surface area (Å²) in [5, 5.41) is 3.20. The van der Waals surface area contributed by atoms with Gasteiger partial charge in [-0.05, 0) is 12.3 Å². The first kappa shape index (κ1) is 8.97. The molecule has 0 aromatic carbocycles. The molecule has 1 atom stereocenters. The van der Waals surface area contributed by atoms with E-state index >= 15 is 0 Å². The zero-order valence-electron chi connectivity index (χ0n) is 7.86. The summed E-state index contributed by atoms with van der Waals surface area (Å²) in [4.78, 5) is 6.82. The second kappa shape index (κ2) is 3.64. The Balaban J connectivity index is 2.08. The molecule has 13 heavy (non-hydrogen) atoms. The lowest BCUT2D eigenvalue weighted by Gasteiger charge is -2.13. The fourth-order valence-electron chi connectivity index (χ4n) is 1.64. The fraction of sp³-hybridized carbons (Fsp3) is 0.667. The first-order valence-electron chi connectivity index (χ1n) is 4.69. The molecule has 1 saturated heterocycles. The molecule has 3 nitrogen and oxygen atoms in total. The minimum atomic E-state index is 0.555. The maximum Gasteiger partial charge on any atom is 0.185 e. The molecule has 1 aromatic rings. The van der Waals surface area contributed by atoms with E-state index in [4.69, 9.17) is 5.73 Å². The Hall–Kier alpha value is -0.610. The van der Waals surface area contributed by atoms with Crippen LogP contribution in [-0.4, -0.2) is 18.1 Å². The van der Waals surface area contributed by atoms with Crippen molar-refractivity contribution in [1.82, 2.24) is 4.98 Å². The van der Waals surface area contributed by atoms with Gasteiger partial charge in [0.25, 0.3) is 0 Å². The van der Waals surface area contributed by atoms with Crippen LogP contribution in [0.4, 0.5) is 5.13 Å². The number of thiazole rings is 1. The zero-order valence-corrected chi connectivity index (χ0v) is 8.68. The Labute approximate surface area is 82.6 Å². The summed E-state index contributed by atoms with van der Waals surface area (Å²) >= 11 is 1.71. The van der Waals surface area contributed by atoms with Crippen LogP contribution in [0.15, 0.2) is 5.38 Å². The quantitative estimate of drug-likeness (QED) is 0.780. The molecule has 0 radical (unpaired) electrons. The molecule has 0 aliphatic carbocycles. The number of rotatable bonds is 2. The van der Waals surface area contributed by atoms with Crippen LogP contribution in [0.25, 0.3) is 0 Å². The SMILES string of the molecule is CC1CCN(c2nc(CN)cs2)C1. The zero-order chi connectivity index (χ0) is 9.26. The summed E-state index contributed by atoms with van der Waals surface area (Å²) in [6.07, 6.45) is 1.29. The van der Waals surface area contributed by atoms with Crippen molar-refractivity contribution in [2.24, 2.45) is 11.7 Å². The van der Waals surface area contributed by atoms with Gasteiger partial charge in [0.15, 0.2) is 5.13 Å². The molecule has 0 bridgehead atoms. The highest BCUT2D eigenvalue weighted by atomic mass is 32.1. The second-order valence-corrected chi connectivity index (χ2v) is 4.50. The predicted octanol–water partition coefficient (Wildman–Crippen LogP) is 1.45. The third-order valence-electron chi connectivity index (χ3n) is 2.44. The molecule has 0 saturated carbocycles. The highest BCUT2D eigenvalue weighted by molar-refractivity contribution is 7.13. The van der Waals surface area contributed by atoms with Crippen LogP contribution < -0.4 is 10.6 Å². The predicted molar refractivity (Wildman–Crippen MR) is 56.0 cm³/mol. The molecule has 1 unspecified atom stereocenters. The van der Waals surface area contributed by atoms with Gasteiger partial charge in [-0.15, -0.1) is 11.3 Å². The molecule has 1 aromatic heterocycles. The van der Waals surface area contributed by atoms with E-state index in [0.717, 1.165) is 29.8 Å². The first-order chi connectivity index (χ1) is 6.29. The van der Waals surface area contributed by atoms with Gasteiger partial charge in [-0.25, -0.2) is 4.98 Å². The third-order valence-corrected chi connectivity index (χ3v) is 3.39. The van der Waals surface area contributed by atoms with Crippen LogP contribution in [0.2, 0.25) is 0 Å². The minimum Gasteiger partial charge on any atom is -0.348 e. The Bertz CT molecular complexity index is 284. The normalized spacial score (nSPS) is 22.6. The van der Waals surface area contributed by atoms with Gasteiger partial charge in [-0.1, -0.05) is 6.92 Å². The number of nitrogens with two attached hydrogens (primary N) is 1. The van der Waals surface area contributed by atoms with Crippen molar-refractivity contribution in [2.45, 2.75) is 19.9 Å². The lowest BCUT2D eigenvalue weighted by atomic mass is 10.2. The van der Waals surface area contributed by atoms with Gasteiger partial charge in [0.1, 0.15) is 0 Å². The Morgan fingerprint density at radius 2 is 2.62 bits per heavy atom. The minimum absolute atomic E-state index is 0.555. The van der Waals surface area contributed by atoms with Gasteiger partial charge in [-0.2, -0.15) is 0 Å². The molecule has 1 aliphatic heterocycles. The number of nitrogens with zero attached hydrogens (tertiary/aromatic N) is 2. The number of aromatic nitrogens is 1. The third kappa shape index (κ3) is 1.84. The van der Waals surface area contributed by atoms with Crippen LogP contribution in [-0.2, 0) is 6.54 Å². The molecule has 0 amide bonds. The first-order valence-corrected chi connectivity index (χ1v) is 5.57. The van der Waals surface area contributed by atoms with E-state index in [2.05, 4.69) is 22.2 Å². The average molecular weight is 197 g/mol. The number of hydrogen-bond acceptors (Lipinski definition) is 4. The van der Waals surface area contributed by atoms with E-state index in [1.807, 2.05) is 0 Å². The van der Waals surface area contributed by atoms with Gasteiger partial charge in [0.2, 0.25) is 0 Å². The van der Waals surface area contributed by atoms with Gasteiger partial charge < -0.3 is 10.6 Å². The van der Waals surface area contributed by atoms with E-state index in [-0.39, 0.29) is 0 Å². The topological polar surface area (TPSA) is 42.2 Å². The highest BCUT2D eigenvalue weighted by Crippen LogP contribution is 2.26.